The molecule has 1 rings (SSSR count). The van der Waals surface area contributed by atoms with Crippen molar-refractivity contribution < 1.29 is 57.9 Å². The number of aliphatic hydroxyl groups is 4. The van der Waals surface area contributed by atoms with Gasteiger partial charge in [0, 0.05) is 19.6 Å². The number of hydrogen-bond acceptors (Lipinski definition) is 12. The van der Waals surface area contributed by atoms with Gasteiger partial charge in [-0.15, -0.1) is 0 Å². The number of carbonyl (C=O) groups excluding carboxylic acids is 1. The van der Waals surface area contributed by atoms with E-state index in [9.17, 15) is 34.7 Å². The predicted octanol–water partition coefficient (Wildman–Crippen LogP) is 10.2. The Morgan fingerprint density at radius 1 is 0.677 bits per heavy atom. The van der Waals surface area contributed by atoms with Crippen LogP contribution in [0.2, 0.25) is 0 Å². The molecule has 65 heavy (non-hydrogen) atoms. The van der Waals surface area contributed by atoms with Gasteiger partial charge in [-0.2, -0.15) is 0 Å². The van der Waals surface area contributed by atoms with Gasteiger partial charge in [0.05, 0.1) is 33.0 Å². The molecule has 0 aromatic rings. The standard InChI is InChI=1S/C51H90NO12P/c1-3-5-7-9-11-13-15-17-19-21-22-23-24-26-28-30-32-34-36-38-48(54)64-46(42-60-40-37-35-33-31-29-27-25-20-18-16-14-12-10-8-6-4-2)43-63-65(58,59)62-41-39-52-45-51(57)50(56)49(55)47(53)44-61-51/h5,7,11,13,17,19,22-23,26,28,32,34,46-47,49-50,52-53,55-57H,3-4,6,8-10,12,14-16,18,20-21,24-25,27,29-31,33,35-45H2,1-2H3,(H,58,59)/b7-5-,13-11-,19-17-,23-22-,28-26-,34-32-/t46-,47-,49-,50+,51-/m1/s1. The van der Waals surface area contributed by atoms with Crippen LogP contribution in [0.4, 0.5) is 0 Å². The van der Waals surface area contributed by atoms with Crippen LogP contribution >= 0.6 is 7.82 Å². The van der Waals surface area contributed by atoms with Crippen molar-refractivity contribution in [2.75, 3.05) is 46.1 Å². The van der Waals surface area contributed by atoms with Crippen molar-refractivity contribution in [3.05, 3.63) is 72.9 Å². The zero-order valence-corrected chi connectivity index (χ0v) is 41.1. The van der Waals surface area contributed by atoms with E-state index in [1.807, 2.05) is 12.2 Å². The fourth-order valence-electron chi connectivity index (χ4n) is 6.93. The van der Waals surface area contributed by atoms with E-state index in [4.69, 9.17) is 23.3 Å². The van der Waals surface area contributed by atoms with Gasteiger partial charge >= 0.3 is 13.8 Å². The molecule has 14 heteroatoms. The van der Waals surface area contributed by atoms with Crippen LogP contribution in [0.25, 0.3) is 0 Å². The Labute approximate surface area is 393 Å². The molecule has 0 aliphatic carbocycles. The van der Waals surface area contributed by atoms with Crippen LogP contribution in [0.3, 0.4) is 0 Å². The summed E-state index contributed by atoms with van der Waals surface area (Å²) in [5, 5.41) is 42.7. The second-order valence-electron chi connectivity index (χ2n) is 16.9. The molecule has 1 fully saturated rings. The number of carbonyl (C=O) groups is 1. The lowest BCUT2D eigenvalue weighted by molar-refractivity contribution is -0.317. The number of aliphatic hydroxyl groups excluding tert-OH is 3. The van der Waals surface area contributed by atoms with Crippen LogP contribution in [0, 0.1) is 0 Å². The quantitative estimate of drug-likeness (QED) is 0.0147. The Hall–Kier alpha value is -2.26. The number of phosphoric acid groups is 1. The van der Waals surface area contributed by atoms with Gasteiger partial charge in [0.15, 0.2) is 0 Å². The smallest absolute Gasteiger partial charge is 0.457 e. The van der Waals surface area contributed by atoms with Crippen LogP contribution in [-0.4, -0.2) is 108 Å². The normalized spacial score (nSPS) is 21.0. The molecule has 0 saturated carbocycles. The first-order chi connectivity index (χ1) is 31.5. The van der Waals surface area contributed by atoms with Crippen molar-refractivity contribution in [3.8, 4) is 0 Å². The predicted molar refractivity (Wildman–Crippen MR) is 261 cm³/mol. The first-order valence-electron chi connectivity index (χ1n) is 24.9. The summed E-state index contributed by atoms with van der Waals surface area (Å²) in [5.41, 5.74) is 0. The van der Waals surface area contributed by atoms with Crippen LogP contribution in [0.15, 0.2) is 72.9 Å². The van der Waals surface area contributed by atoms with Gasteiger partial charge in [-0.25, -0.2) is 4.57 Å². The number of esters is 1. The van der Waals surface area contributed by atoms with Crippen molar-refractivity contribution in [3.63, 3.8) is 0 Å². The largest absolute Gasteiger partial charge is 0.472 e. The van der Waals surface area contributed by atoms with Gasteiger partial charge in [-0.1, -0.05) is 183 Å². The van der Waals surface area contributed by atoms with Gasteiger partial charge in [-0.05, 0) is 51.4 Å². The van der Waals surface area contributed by atoms with Crippen molar-refractivity contribution in [1.82, 2.24) is 5.32 Å². The lowest BCUT2D eigenvalue weighted by Gasteiger charge is -2.41. The molecule has 0 amide bonds. The highest BCUT2D eigenvalue weighted by Gasteiger charge is 2.48. The maximum absolute atomic E-state index is 12.8. The monoisotopic (exact) mass is 940 g/mol. The van der Waals surface area contributed by atoms with E-state index in [-0.39, 0.29) is 39.3 Å². The molecule has 0 aromatic carbocycles. The second kappa shape index (κ2) is 41.9. The van der Waals surface area contributed by atoms with E-state index in [2.05, 4.69) is 79.9 Å². The fourth-order valence-corrected chi connectivity index (χ4v) is 7.68. The highest BCUT2D eigenvalue weighted by molar-refractivity contribution is 7.47. The van der Waals surface area contributed by atoms with Crippen molar-refractivity contribution in [2.24, 2.45) is 0 Å². The molecular weight excluding hydrogens is 850 g/mol. The summed E-state index contributed by atoms with van der Waals surface area (Å²) in [5.74, 6) is -2.65. The number of ether oxygens (including phenoxy) is 3. The Kier molecular flexibility index (Phi) is 39.2. The molecule has 0 bridgehead atoms. The Morgan fingerprint density at radius 2 is 1.15 bits per heavy atom. The van der Waals surface area contributed by atoms with Crippen LogP contribution in [0.1, 0.15) is 168 Å². The number of unbranched alkanes of at least 4 members (excludes halogenated alkanes) is 15. The molecule has 0 spiro atoms. The number of phosphoric ester groups is 1. The topological polar surface area (TPSA) is 193 Å². The van der Waals surface area contributed by atoms with E-state index < -0.39 is 50.6 Å². The highest BCUT2D eigenvalue weighted by atomic mass is 31.2. The highest BCUT2D eigenvalue weighted by Crippen LogP contribution is 2.43. The average Bonchev–Trinajstić information content (AvgIpc) is 3.29. The summed E-state index contributed by atoms with van der Waals surface area (Å²) in [6.45, 7) is 3.31. The van der Waals surface area contributed by atoms with Crippen LogP contribution in [-0.2, 0) is 32.6 Å². The van der Waals surface area contributed by atoms with E-state index in [0.717, 1.165) is 57.8 Å². The van der Waals surface area contributed by atoms with E-state index >= 15 is 0 Å². The third kappa shape index (κ3) is 35.5. The number of hydrogen-bond donors (Lipinski definition) is 6. The summed E-state index contributed by atoms with van der Waals surface area (Å²) in [6.07, 6.45) is 46.3. The molecule has 1 heterocycles. The van der Waals surface area contributed by atoms with Gasteiger partial charge in [0.25, 0.3) is 0 Å². The number of allylic oxidation sites excluding steroid dienone is 12. The first-order valence-corrected chi connectivity index (χ1v) is 26.4. The molecule has 6 N–H and O–H groups in total. The Bertz CT molecular complexity index is 1370. The summed E-state index contributed by atoms with van der Waals surface area (Å²) < 4.78 is 39.4. The molecule has 1 aliphatic heterocycles. The van der Waals surface area contributed by atoms with Crippen LogP contribution < -0.4 is 5.32 Å². The summed E-state index contributed by atoms with van der Waals surface area (Å²) in [6, 6.07) is 0. The van der Waals surface area contributed by atoms with E-state index in [1.165, 1.54) is 83.5 Å². The van der Waals surface area contributed by atoms with Gasteiger partial charge in [0.2, 0.25) is 5.79 Å². The van der Waals surface area contributed by atoms with Gasteiger partial charge in [-0.3, -0.25) is 13.8 Å². The van der Waals surface area contributed by atoms with E-state index in [0.29, 0.717) is 13.0 Å². The minimum absolute atomic E-state index is 0.00654. The number of rotatable bonds is 43. The van der Waals surface area contributed by atoms with E-state index in [1.54, 1.807) is 0 Å². The SMILES string of the molecule is CC/C=C\C/C=C\C/C=C\C/C=C\C/C=C\C/C=C\CCC(=O)O[C@H](COCCCCCCCCCCCCCCCCCC)COP(=O)(O)OCCNC[C@@]1(O)OC[C@@H](O)[C@@H](O)[C@@H]1O. The first kappa shape index (κ1) is 60.8. The summed E-state index contributed by atoms with van der Waals surface area (Å²) in [7, 11) is -4.58. The maximum Gasteiger partial charge on any atom is 0.472 e. The summed E-state index contributed by atoms with van der Waals surface area (Å²) >= 11 is 0. The van der Waals surface area contributed by atoms with Gasteiger partial charge < -0.3 is 44.8 Å². The van der Waals surface area contributed by atoms with Crippen molar-refractivity contribution in [2.45, 2.75) is 198 Å². The molecule has 1 aliphatic rings. The molecule has 0 aromatic heterocycles. The molecule has 1 unspecified atom stereocenters. The third-order valence-corrected chi connectivity index (χ3v) is 11.9. The lowest BCUT2D eigenvalue weighted by atomic mass is 9.97. The number of nitrogens with one attached hydrogen (secondary N) is 1. The minimum Gasteiger partial charge on any atom is -0.457 e. The molecule has 13 nitrogen and oxygen atoms in total. The maximum atomic E-state index is 12.8. The Balaban J connectivity index is 2.41. The third-order valence-electron chi connectivity index (χ3n) is 10.9. The molecule has 376 valence electrons. The lowest BCUT2D eigenvalue weighted by Crippen LogP contribution is -2.64. The van der Waals surface area contributed by atoms with Gasteiger partial charge in [0.1, 0.15) is 24.4 Å². The minimum atomic E-state index is -4.58. The summed E-state index contributed by atoms with van der Waals surface area (Å²) in [4.78, 5) is 23.1. The molecule has 6 atom stereocenters. The average molecular weight is 940 g/mol. The molecular formula is C51H90NO12P. The van der Waals surface area contributed by atoms with Crippen molar-refractivity contribution >= 4 is 13.8 Å². The zero-order chi connectivity index (χ0) is 47.5. The molecule has 1 saturated heterocycles. The second-order valence-corrected chi connectivity index (χ2v) is 18.3. The Morgan fingerprint density at radius 3 is 1.66 bits per heavy atom. The molecule has 0 radical (unpaired) electrons. The zero-order valence-electron chi connectivity index (χ0n) is 40.2. The van der Waals surface area contributed by atoms with Crippen LogP contribution in [0.5, 0.6) is 0 Å². The van der Waals surface area contributed by atoms with Crippen molar-refractivity contribution in [1.29, 1.82) is 0 Å². The fraction of sp³-hybridized carbons (Fsp3) is 0.745.